The van der Waals surface area contributed by atoms with Crippen LogP contribution in [0, 0.1) is 0 Å². The summed E-state index contributed by atoms with van der Waals surface area (Å²) in [4.78, 5) is 0. The first kappa shape index (κ1) is 14.4. The number of halogens is 1. The van der Waals surface area contributed by atoms with E-state index in [1.54, 1.807) is 0 Å². The monoisotopic (exact) mass is 332 g/mol. The molecule has 1 aromatic rings. The molecule has 0 atom stereocenters. The highest BCUT2D eigenvalue weighted by molar-refractivity contribution is 9.10. The molecule has 1 aromatic heterocycles. The smallest absolute Gasteiger partial charge is 0.0767 e. The first-order valence-electron chi connectivity index (χ1n) is 6.69. The van der Waals surface area contributed by atoms with Crippen LogP contribution in [-0.4, -0.2) is 28.2 Å². The minimum Gasteiger partial charge on any atom is -0.381 e. The van der Waals surface area contributed by atoms with E-state index in [4.69, 9.17) is 4.74 Å². The number of hydrogen-bond donors (Lipinski definition) is 0. The molecule has 2 heterocycles. The molecule has 1 saturated heterocycles. The number of aromatic nitrogens is 2. The van der Waals surface area contributed by atoms with Crippen LogP contribution in [0.1, 0.15) is 38.1 Å². The molecule has 2 rings (SSSR count). The summed E-state index contributed by atoms with van der Waals surface area (Å²) in [6.45, 7) is 7.10. The van der Waals surface area contributed by atoms with Gasteiger partial charge in [0.2, 0.25) is 0 Å². The molecule has 0 N–H and O–H groups in total. The average Bonchev–Trinajstić information content (AvgIpc) is 2.73. The van der Waals surface area contributed by atoms with Crippen LogP contribution in [0.15, 0.2) is 4.47 Å². The van der Waals surface area contributed by atoms with E-state index in [0.717, 1.165) is 37.2 Å². The van der Waals surface area contributed by atoms with Gasteiger partial charge in [0.15, 0.2) is 0 Å². The van der Waals surface area contributed by atoms with Crippen LogP contribution in [-0.2, 0) is 23.5 Å². The summed E-state index contributed by atoms with van der Waals surface area (Å²) < 4.78 is 8.75. The third kappa shape index (κ3) is 3.31. The number of rotatable bonds is 5. The summed E-state index contributed by atoms with van der Waals surface area (Å²) in [7, 11) is 0. The number of ether oxygens (including phenoxy) is 1. The first-order valence-corrected chi connectivity index (χ1v) is 8.53. The van der Waals surface area contributed by atoms with Crippen molar-refractivity contribution in [3.05, 3.63) is 15.9 Å². The molecule has 1 aliphatic rings. The van der Waals surface area contributed by atoms with Crippen molar-refractivity contribution in [1.29, 1.82) is 0 Å². The maximum atomic E-state index is 5.40. The van der Waals surface area contributed by atoms with Crippen molar-refractivity contribution in [3.63, 3.8) is 0 Å². The second kappa shape index (κ2) is 6.96. The summed E-state index contributed by atoms with van der Waals surface area (Å²) >= 11 is 5.75. The van der Waals surface area contributed by atoms with Crippen LogP contribution in [0.5, 0.6) is 0 Å². The van der Waals surface area contributed by atoms with Gasteiger partial charge in [0.1, 0.15) is 0 Å². The molecule has 0 unspecified atom stereocenters. The largest absolute Gasteiger partial charge is 0.381 e. The Labute approximate surface area is 122 Å². The molecule has 0 radical (unpaired) electrons. The highest BCUT2D eigenvalue weighted by Crippen LogP contribution is 2.30. The van der Waals surface area contributed by atoms with Crippen molar-refractivity contribution >= 4 is 27.7 Å². The lowest BCUT2D eigenvalue weighted by Crippen LogP contribution is -2.18. The molecule has 0 saturated carbocycles. The predicted octanol–water partition coefficient (Wildman–Crippen LogP) is 3.64. The summed E-state index contributed by atoms with van der Waals surface area (Å²) in [6.07, 6.45) is 3.36. The van der Waals surface area contributed by atoms with Crippen molar-refractivity contribution in [2.45, 2.75) is 50.7 Å². The zero-order chi connectivity index (χ0) is 13.0. The van der Waals surface area contributed by atoms with Gasteiger partial charge in [-0.3, -0.25) is 4.68 Å². The highest BCUT2D eigenvalue weighted by atomic mass is 79.9. The van der Waals surface area contributed by atoms with Gasteiger partial charge in [-0.1, -0.05) is 6.92 Å². The summed E-state index contributed by atoms with van der Waals surface area (Å²) in [5.41, 5.74) is 2.52. The fourth-order valence-electron chi connectivity index (χ4n) is 2.19. The Kier molecular flexibility index (Phi) is 5.57. The Hall–Kier alpha value is -0.0000000000000000555. The molecule has 0 spiro atoms. The molecule has 0 bridgehead atoms. The van der Waals surface area contributed by atoms with Crippen molar-refractivity contribution in [2.24, 2.45) is 0 Å². The van der Waals surface area contributed by atoms with Crippen LogP contribution >= 0.6 is 27.7 Å². The van der Waals surface area contributed by atoms with E-state index in [-0.39, 0.29) is 0 Å². The predicted molar refractivity (Wildman–Crippen MR) is 80.1 cm³/mol. The van der Waals surface area contributed by atoms with E-state index in [2.05, 4.69) is 39.6 Å². The molecule has 102 valence electrons. The number of thioether (sulfide) groups is 1. The maximum absolute atomic E-state index is 5.40. The van der Waals surface area contributed by atoms with E-state index >= 15 is 0 Å². The molecule has 0 aromatic carbocycles. The summed E-state index contributed by atoms with van der Waals surface area (Å²) in [5.74, 6) is 1.05. The normalized spacial score (nSPS) is 17.3. The minimum absolute atomic E-state index is 0.746. The molecule has 18 heavy (non-hydrogen) atoms. The first-order chi connectivity index (χ1) is 8.76. The van der Waals surface area contributed by atoms with Crippen LogP contribution in [0.4, 0.5) is 0 Å². The molecular weight excluding hydrogens is 312 g/mol. The number of hydrogen-bond acceptors (Lipinski definition) is 3. The van der Waals surface area contributed by atoms with Crippen molar-refractivity contribution < 1.29 is 4.74 Å². The van der Waals surface area contributed by atoms with E-state index < -0.39 is 0 Å². The molecule has 0 aliphatic carbocycles. The molecule has 3 nitrogen and oxygen atoms in total. The Balaban J connectivity index is 2.01. The molecular formula is C13H21BrN2OS. The second-order valence-electron chi connectivity index (χ2n) is 4.50. The zero-order valence-electron chi connectivity index (χ0n) is 11.1. The van der Waals surface area contributed by atoms with Crippen LogP contribution in [0.25, 0.3) is 0 Å². The van der Waals surface area contributed by atoms with Crippen LogP contribution in [0.2, 0.25) is 0 Å². The van der Waals surface area contributed by atoms with Gasteiger partial charge in [-0.25, -0.2) is 0 Å². The van der Waals surface area contributed by atoms with Gasteiger partial charge < -0.3 is 4.74 Å². The topological polar surface area (TPSA) is 27.1 Å². The van der Waals surface area contributed by atoms with Gasteiger partial charge in [-0.05, 0) is 42.1 Å². The summed E-state index contributed by atoms with van der Waals surface area (Å²) in [6, 6.07) is 0. The van der Waals surface area contributed by atoms with Crippen molar-refractivity contribution in [1.82, 2.24) is 9.78 Å². The quantitative estimate of drug-likeness (QED) is 0.823. The number of nitrogens with zero attached hydrogens (tertiary/aromatic N) is 2. The van der Waals surface area contributed by atoms with E-state index in [9.17, 15) is 0 Å². The number of aryl methyl sites for hydroxylation is 2. The van der Waals surface area contributed by atoms with Crippen molar-refractivity contribution in [2.75, 3.05) is 13.2 Å². The van der Waals surface area contributed by atoms with Gasteiger partial charge in [-0.15, -0.1) is 0 Å². The van der Waals surface area contributed by atoms with Crippen LogP contribution in [0.3, 0.4) is 0 Å². The van der Waals surface area contributed by atoms with E-state index in [1.807, 2.05) is 11.8 Å². The van der Waals surface area contributed by atoms with Crippen LogP contribution < -0.4 is 0 Å². The van der Waals surface area contributed by atoms with E-state index in [1.165, 1.54) is 28.7 Å². The lowest BCUT2D eigenvalue weighted by molar-refractivity contribution is 0.1000. The zero-order valence-corrected chi connectivity index (χ0v) is 13.5. The fourth-order valence-corrected chi connectivity index (χ4v) is 4.30. The lowest BCUT2D eigenvalue weighted by atomic mass is 10.2. The Morgan fingerprint density at radius 1 is 1.39 bits per heavy atom. The van der Waals surface area contributed by atoms with E-state index in [0.29, 0.717) is 0 Å². The van der Waals surface area contributed by atoms with Gasteiger partial charge in [0.05, 0.1) is 15.9 Å². The van der Waals surface area contributed by atoms with Gasteiger partial charge in [-0.2, -0.15) is 16.9 Å². The average molecular weight is 333 g/mol. The Morgan fingerprint density at radius 2 is 2.11 bits per heavy atom. The fraction of sp³-hybridized carbons (Fsp3) is 0.769. The Bertz CT molecular complexity index is 389. The third-order valence-electron chi connectivity index (χ3n) is 3.32. The lowest BCUT2D eigenvalue weighted by Gasteiger charge is -2.21. The van der Waals surface area contributed by atoms with Gasteiger partial charge >= 0.3 is 0 Å². The standard InChI is InChI=1S/C13H21BrN2OS/c1-3-11-13(14)12(16(4-2)15-11)9-18-10-5-7-17-8-6-10/h10H,3-9H2,1-2H3. The summed E-state index contributed by atoms with van der Waals surface area (Å²) in [5, 5.41) is 5.39. The van der Waals surface area contributed by atoms with Gasteiger partial charge in [0.25, 0.3) is 0 Å². The Morgan fingerprint density at radius 3 is 2.72 bits per heavy atom. The highest BCUT2D eigenvalue weighted by Gasteiger charge is 2.18. The second-order valence-corrected chi connectivity index (χ2v) is 6.58. The maximum Gasteiger partial charge on any atom is 0.0767 e. The SMILES string of the molecule is CCc1nn(CC)c(CSC2CCOCC2)c1Br. The van der Waals surface area contributed by atoms with Gasteiger partial charge in [0, 0.05) is 30.8 Å². The third-order valence-corrected chi connectivity index (χ3v) is 5.62. The molecule has 1 fully saturated rings. The molecule has 1 aliphatic heterocycles. The molecule has 0 amide bonds. The van der Waals surface area contributed by atoms with Crippen molar-refractivity contribution in [3.8, 4) is 0 Å². The minimum atomic E-state index is 0.746. The molecule has 5 heteroatoms.